The predicted molar refractivity (Wildman–Crippen MR) is 109 cm³/mol. The molecular formula is C21H29N4O5+. The van der Waals surface area contributed by atoms with Crippen molar-refractivity contribution in [3.05, 3.63) is 29.8 Å². The Balaban J connectivity index is 1.64. The van der Waals surface area contributed by atoms with E-state index >= 15 is 0 Å². The van der Waals surface area contributed by atoms with Gasteiger partial charge in [0.25, 0.3) is 17.7 Å². The molecular weight excluding hydrogens is 388 g/mol. The second-order valence-corrected chi connectivity index (χ2v) is 7.76. The number of nitrogens with one attached hydrogen (secondary N) is 4. The molecule has 1 aliphatic heterocycles. The van der Waals surface area contributed by atoms with Crippen molar-refractivity contribution >= 4 is 29.4 Å². The van der Waals surface area contributed by atoms with E-state index in [1.807, 2.05) is 0 Å². The van der Waals surface area contributed by atoms with Gasteiger partial charge in [-0.2, -0.15) is 0 Å². The third kappa shape index (κ3) is 5.56. The van der Waals surface area contributed by atoms with E-state index in [4.69, 9.17) is 0 Å². The average Bonchev–Trinajstić information content (AvgIpc) is 3.23. The van der Waals surface area contributed by atoms with Crippen LogP contribution in [0.4, 0.5) is 5.69 Å². The van der Waals surface area contributed by atoms with Crippen molar-refractivity contribution in [2.75, 3.05) is 32.1 Å². The third-order valence-electron chi connectivity index (χ3n) is 5.68. The lowest BCUT2D eigenvalue weighted by molar-refractivity contribution is -0.909. The van der Waals surface area contributed by atoms with Gasteiger partial charge < -0.3 is 25.6 Å². The van der Waals surface area contributed by atoms with Crippen LogP contribution in [0.25, 0.3) is 0 Å². The smallest absolute Gasteiger partial charge is 0.312 e. The fourth-order valence-electron chi connectivity index (χ4n) is 4.05. The molecule has 1 saturated carbocycles. The Kier molecular flexibility index (Phi) is 7.40. The lowest BCUT2D eigenvalue weighted by atomic mass is 10.1. The zero-order chi connectivity index (χ0) is 21.5. The fraction of sp³-hybridized carbons (Fsp3) is 0.524. The number of piperazine rings is 1. The Bertz CT molecular complexity index is 806. The summed E-state index contributed by atoms with van der Waals surface area (Å²) in [6.07, 6.45) is 4.08. The zero-order valence-corrected chi connectivity index (χ0v) is 17.2. The maximum atomic E-state index is 12.7. The average molecular weight is 417 g/mol. The van der Waals surface area contributed by atoms with Crippen LogP contribution in [0, 0.1) is 0 Å². The maximum absolute atomic E-state index is 12.7. The normalized spacial score (nSPS) is 21.6. The Morgan fingerprint density at radius 1 is 1.20 bits per heavy atom. The van der Waals surface area contributed by atoms with Crippen LogP contribution in [0.1, 0.15) is 42.5 Å². The Morgan fingerprint density at radius 2 is 1.93 bits per heavy atom. The first-order valence-corrected chi connectivity index (χ1v) is 10.4. The number of rotatable bonds is 7. The van der Waals surface area contributed by atoms with Crippen LogP contribution < -0.4 is 20.9 Å². The van der Waals surface area contributed by atoms with Crippen molar-refractivity contribution in [1.82, 2.24) is 10.6 Å². The number of methoxy groups -OCH3 is 1. The van der Waals surface area contributed by atoms with Gasteiger partial charge in [0.15, 0.2) is 12.6 Å². The monoisotopic (exact) mass is 417 g/mol. The van der Waals surface area contributed by atoms with Crippen molar-refractivity contribution in [2.24, 2.45) is 0 Å². The summed E-state index contributed by atoms with van der Waals surface area (Å²) in [6.45, 7) is 0.956. The van der Waals surface area contributed by atoms with E-state index in [2.05, 4.69) is 20.7 Å². The Labute approximate surface area is 175 Å². The maximum Gasteiger partial charge on any atom is 0.312 e. The molecule has 1 aliphatic carbocycles. The van der Waals surface area contributed by atoms with Crippen LogP contribution in [0.2, 0.25) is 0 Å². The summed E-state index contributed by atoms with van der Waals surface area (Å²) >= 11 is 0. The summed E-state index contributed by atoms with van der Waals surface area (Å²) in [5.41, 5.74) is 0.846. The predicted octanol–water partition coefficient (Wildman–Crippen LogP) is -0.756. The molecule has 2 fully saturated rings. The van der Waals surface area contributed by atoms with Crippen LogP contribution >= 0.6 is 0 Å². The van der Waals surface area contributed by atoms with Gasteiger partial charge in [0.1, 0.15) is 6.42 Å². The molecule has 0 spiro atoms. The third-order valence-corrected chi connectivity index (χ3v) is 5.68. The van der Waals surface area contributed by atoms with E-state index in [0.717, 1.165) is 25.7 Å². The van der Waals surface area contributed by atoms with Crippen molar-refractivity contribution in [3.63, 3.8) is 0 Å². The van der Waals surface area contributed by atoms with Gasteiger partial charge in [-0.1, -0.05) is 25.0 Å². The van der Waals surface area contributed by atoms with Crippen LogP contribution in [0.5, 0.6) is 0 Å². The lowest BCUT2D eigenvalue weighted by Gasteiger charge is -2.30. The van der Waals surface area contributed by atoms with Gasteiger partial charge in [0.2, 0.25) is 0 Å². The molecule has 4 N–H and O–H groups in total. The number of hydrogen-bond donors (Lipinski definition) is 4. The molecule has 0 aromatic heterocycles. The van der Waals surface area contributed by atoms with E-state index in [-0.39, 0.29) is 36.7 Å². The SMILES string of the molecule is COC(=O)C[C@@H]1C(=O)NCC[NH+]1CC(=O)Nc1ccccc1C(=O)NC1CCCC1. The molecule has 162 valence electrons. The number of anilines is 1. The van der Waals surface area contributed by atoms with Crippen molar-refractivity contribution < 1.29 is 28.8 Å². The minimum atomic E-state index is -0.683. The molecule has 0 bridgehead atoms. The number of ether oxygens (including phenoxy) is 1. The van der Waals surface area contributed by atoms with E-state index in [9.17, 15) is 19.2 Å². The molecule has 3 amide bonds. The van der Waals surface area contributed by atoms with Crippen molar-refractivity contribution in [1.29, 1.82) is 0 Å². The number of carbonyl (C=O) groups excluding carboxylic acids is 4. The molecule has 1 aromatic carbocycles. The molecule has 0 radical (unpaired) electrons. The van der Waals surface area contributed by atoms with E-state index < -0.39 is 12.0 Å². The van der Waals surface area contributed by atoms with Gasteiger partial charge in [-0.25, -0.2) is 0 Å². The molecule has 1 aromatic rings. The van der Waals surface area contributed by atoms with E-state index in [1.165, 1.54) is 7.11 Å². The molecule has 1 saturated heterocycles. The van der Waals surface area contributed by atoms with Gasteiger partial charge >= 0.3 is 5.97 Å². The molecule has 9 heteroatoms. The van der Waals surface area contributed by atoms with Gasteiger partial charge in [-0.15, -0.1) is 0 Å². The number of esters is 1. The highest BCUT2D eigenvalue weighted by molar-refractivity contribution is 6.04. The largest absolute Gasteiger partial charge is 0.469 e. The second-order valence-electron chi connectivity index (χ2n) is 7.76. The number of hydrogen-bond acceptors (Lipinski definition) is 5. The molecule has 9 nitrogen and oxygen atoms in total. The van der Waals surface area contributed by atoms with Gasteiger partial charge in [-0.05, 0) is 25.0 Å². The van der Waals surface area contributed by atoms with Crippen LogP contribution in [0.15, 0.2) is 24.3 Å². The van der Waals surface area contributed by atoms with Crippen LogP contribution in [0.3, 0.4) is 0 Å². The molecule has 3 rings (SSSR count). The summed E-state index contributed by atoms with van der Waals surface area (Å²) in [5, 5.41) is 8.55. The fourth-order valence-corrected chi connectivity index (χ4v) is 4.05. The first kappa shape index (κ1) is 21.8. The Morgan fingerprint density at radius 3 is 2.67 bits per heavy atom. The highest BCUT2D eigenvalue weighted by Crippen LogP contribution is 2.20. The minimum Gasteiger partial charge on any atom is -0.469 e. The molecule has 2 atom stereocenters. The highest BCUT2D eigenvalue weighted by atomic mass is 16.5. The summed E-state index contributed by atoms with van der Waals surface area (Å²) < 4.78 is 4.67. The van der Waals surface area contributed by atoms with Gasteiger partial charge in [0, 0.05) is 6.04 Å². The number of amides is 3. The number of para-hydroxylation sites is 1. The van der Waals surface area contributed by atoms with Crippen molar-refractivity contribution in [3.8, 4) is 0 Å². The van der Waals surface area contributed by atoms with Gasteiger partial charge in [0.05, 0.1) is 31.5 Å². The molecule has 30 heavy (non-hydrogen) atoms. The van der Waals surface area contributed by atoms with Crippen LogP contribution in [-0.4, -0.2) is 62.5 Å². The number of quaternary nitrogens is 1. The first-order chi connectivity index (χ1) is 14.5. The van der Waals surface area contributed by atoms with E-state index in [0.29, 0.717) is 29.2 Å². The summed E-state index contributed by atoms with van der Waals surface area (Å²) in [7, 11) is 1.27. The van der Waals surface area contributed by atoms with Gasteiger partial charge in [-0.3, -0.25) is 19.2 Å². The summed E-state index contributed by atoms with van der Waals surface area (Å²) in [4.78, 5) is 49.9. The number of carbonyl (C=O) groups is 4. The minimum absolute atomic E-state index is 0.00760. The zero-order valence-electron chi connectivity index (χ0n) is 17.2. The topological polar surface area (TPSA) is 118 Å². The van der Waals surface area contributed by atoms with Crippen LogP contribution in [-0.2, 0) is 19.1 Å². The second kappa shape index (κ2) is 10.2. The molecule has 2 aliphatic rings. The van der Waals surface area contributed by atoms with Crippen molar-refractivity contribution in [2.45, 2.75) is 44.2 Å². The highest BCUT2D eigenvalue weighted by Gasteiger charge is 2.37. The quantitative estimate of drug-likeness (QED) is 0.435. The molecule has 1 unspecified atom stereocenters. The first-order valence-electron chi connectivity index (χ1n) is 10.4. The number of benzene rings is 1. The Hall–Kier alpha value is -2.94. The summed E-state index contributed by atoms with van der Waals surface area (Å²) in [6, 6.07) is 6.37. The van der Waals surface area contributed by atoms with E-state index in [1.54, 1.807) is 24.3 Å². The lowest BCUT2D eigenvalue weighted by Crippen LogP contribution is -3.20. The molecule has 1 heterocycles. The standard InChI is InChI=1S/C21H28N4O5/c1-30-19(27)12-17-21(29)22-10-11-25(17)13-18(26)24-16-9-5-4-8-15(16)20(28)23-14-6-2-3-7-14/h4-5,8-9,14,17H,2-3,6-7,10-13H2,1H3,(H,22,29)(H,23,28)(H,24,26)/p+1/t17-/m1/s1. The summed E-state index contributed by atoms with van der Waals surface area (Å²) in [5.74, 6) is -1.29.